The summed E-state index contributed by atoms with van der Waals surface area (Å²) < 4.78 is 108. The van der Waals surface area contributed by atoms with Crippen LogP contribution in [0.15, 0.2) is 99.2 Å². The van der Waals surface area contributed by atoms with Gasteiger partial charge >= 0.3 is 48.0 Å². The Labute approximate surface area is 567 Å². The van der Waals surface area contributed by atoms with E-state index in [0.29, 0.717) is 42.8 Å². The van der Waals surface area contributed by atoms with Gasteiger partial charge in [-0.05, 0) is 107 Å². The maximum atomic E-state index is 14.9. The van der Waals surface area contributed by atoms with Crippen LogP contribution >= 0.6 is 0 Å². The Hall–Kier alpha value is -8.99. The van der Waals surface area contributed by atoms with Gasteiger partial charge in [-0.3, -0.25) is 9.69 Å². The van der Waals surface area contributed by atoms with E-state index in [1.165, 1.54) is 24.0 Å². The maximum absolute atomic E-state index is 14.9. The number of para-hydroxylation sites is 4. The number of hydrogen-bond donors (Lipinski definition) is 3. The Bertz CT molecular complexity index is 3520. The summed E-state index contributed by atoms with van der Waals surface area (Å²) in [5, 5.41) is 14.3. The standard InChI is InChI=1S/C32H40F2N4O7.C22H25F2N3O5.C15H25NO5/c1-7-16-43-23-14-11-15-24(23)45-30(41)37-26(31(3,4)5)28(39)38-18-19(17-22(38)29(40)42-6)44-27-25(32(33,34)8-2)35-20-12-9-10-13-21(20)36-27;1-6-22(23,24)17-18(26-15-10-8-7-9-14(15)25-17)31-13-11-16(19(28)30-5)27(12-13)20(29)32-21(2,3)4;1-5-9-20-10-7-6-8-11(10)21-14(19)16-12(13(17)18)15(2,3)4/h7-10,12-13,19,22-24,26H,1-2,11,14-18H2,3-6H3,(H,37,41);6-10,13,16H,1,11-12H2,2-5H3;5,10-12H,1,6-9H2,2-4H3,(H,16,19)(H,17,18)/t19-,22+,23-,24-,26-;13-,16+;10-,11-,12-/m111/s1. The quantitative estimate of drug-likeness (QED) is 0.0285. The van der Waals surface area contributed by atoms with Gasteiger partial charge in [-0.2, -0.15) is 17.6 Å². The molecule has 536 valence electrons. The van der Waals surface area contributed by atoms with E-state index in [0.717, 1.165) is 32.1 Å². The number of rotatable bonds is 22. The number of ether oxygens (including phenoxy) is 9. The number of esters is 2. The third-order valence-electron chi connectivity index (χ3n) is 16.1. The van der Waals surface area contributed by atoms with Crippen LogP contribution in [0.1, 0.15) is 125 Å². The van der Waals surface area contributed by atoms with Gasteiger partial charge in [-0.15, -0.1) is 13.2 Å². The molecule has 8 rings (SSSR count). The predicted molar refractivity (Wildman–Crippen MR) is 350 cm³/mol. The molecular weight excluding hydrogens is 1290 g/mol. The summed E-state index contributed by atoms with van der Waals surface area (Å²) in [6.07, 6.45) is 3.49. The number of halogens is 4. The third kappa shape index (κ3) is 20.8. The largest absolute Gasteiger partial charge is 0.480 e. The number of aliphatic carboxylic acids is 1. The summed E-state index contributed by atoms with van der Waals surface area (Å²) in [4.78, 5) is 107. The van der Waals surface area contributed by atoms with E-state index in [4.69, 9.17) is 42.6 Å². The summed E-state index contributed by atoms with van der Waals surface area (Å²) in [6.45, 7) is 29.7. The van der Waals surface area contributed by atoms with Crippen LogP contribution in [0.5, 0.6) is 11.8 Å². The first-order valence-corrected chi connectivity index (χ1v) is 32.0. The van der Waals surface area contributed by atoms with Gasteiger partial charge in [-0.25, -0.2) is 48.7 Å². The summed E-state index contributed by atoms with van der Waals surface area (Å²) in [5.41, 5.74) is -2.46. The normalized spacial score (nSPS) is 21.5. The monoisotopic (exact) mass is 1380 g/mol. The summed E-state index contributed by atoms with van der Waals surface area (Å²) in [7, 11) is 2.38. The number of aromatic nitrogens is 4. The Morgan fingerprint density at radius 1 is 0.571 bits per heavy atom. The van der Waals surface area contributed by atoms with Gasteiger partial charge in [0.1, 0.15) is 54.2 Å². The molecule has 4 heterocycles. The van der Waals surface area contributed by atoms with Crippen molar-refractivity contribution in [2.45, 2.75) is 192 Å². The zero-order valence-electron chi connectivity index (χ0n) is 57.2. The molecule has 0 bridgehead atoms. The number of nitrogens with one attached hydrogen (secondary N) is 2. The van der Waals surface area contributed by atoms with Crippen molar-refractivity contribution in [3.8, 4) is 11.8 Å². The molecule has 0 spiro atoms. The number of carboxylic acids is 1. The van der Waals surface area contributed by atoms with E-state index in [-0.39, 0.29) is 55.3 Å². The number of carbonyl (C=O) groups excluding carboxylic acids is 6. The van der Waals surface area contributed by atoms with Crippen molar-refractivity contribution in [1.82, 2.24) is 40.4 Å². The predicted octanol–water partition coefficient (Wildman–Crippen LogP) is 10.9. The first-order valence-electron chi connectivity index (χ1n) is 32.0. The van der Waals surface area contributed by atoms with E-state index in [1.54, 1.807) is 123 Å². The number of methoxy groups -OCH3 is 2. The van der Waals surface area contributed by atoms with Crippen molar-refractivity contribution < 1.29 is 98.9 Å². The average molecular weight is 1380 g/mol. The molecule has 2 aliphatic carbocycles. The van der Waals surface area contributed by atoms with E-state index in [9.17, 15) is 56.2 Å². The number of benzene rings is 2. The number of amides is 4. The minimum Gasteiger partial charge on any atom is -0.480 e. The molecule has 2 saturated heterocycles. The van der Waals surface area contributed by atoms with Gasteiger partial charge in [0.05, 0.1) is 74.8 Å². The van der Waals surface area contributed by atoms with Crippen LogP contribution in [0, 0.1) is 10.8 Å². The molecule has 4 aromatic rings. The minimum atomic E-state index is -3.57. The highest BCUT2D eigenvalue weighted by Crippen LogP contribution is 2.39. The number of carboxylic acid groups (broad SMARTS) is 1. The first-order chi connectivity index (χ1) is 46.0. The van der Waals surface area contributed by atoms with Gasteiger partial charge < -0.3 is 63.3 Å². The van der Waals surface area contributed by atoms with Crippen molar-refractivity contribution in [2.24, 2.45) is 10.8 Å². The Balaban J connectivity index is 0.000000249. The number of allylic oxidation sites excluding steroid dienone is 2. The van der Waals surface area contributed by atoms with E-state index in [2.05, 4.69) is 56.9 Å². The fourth-order valence-electron chi connectivity index (χ4n) is 11.2. The van der Waals surface area contributed by atoms with Crippen molar-refractivity contribution in [3.63, 3.8) is 0 Å². The molecule has 4 fully saturated rings. The second kappa shape index (κ2) is 33.5. The lowest BCUT2D eigenvalue weighted by Crippen LogP contribution is -2.57. The molecule has 25 nitrogen and oxygen atoms in total. The molecule has 2 aromatic heterocycles. The number of likely N-dealkylation sites (tertiary alicyclic amines) is 2. The topological polar surface area (TPSA) is 305 Å². The van der Waals surface area contributed by atoms with Crippen LogP contribution in [0.25, 0.3) is 22.1 Å². The van der Waals surface area contributed by atoms with Crippen LogP contribution in [0.3, 0.4) is 0 Å². The molecule has 2 saturated carbocycles. The third-order valence-corrected chi connectivity index (χ3v) is 16.1. The van der Waals surface area contributed by atoms with E-state index >= 15 is 0 Å². The number of alkyl halides is 4. The molecule has 4 amide bonds. The number of fused-ring (bicyclic) bond motifs is 2. The smallest absolute Gasteiger partial charge is 0.411 e. The number of carbonyl (C=O) groups is 7. The van der Waals surface area contributed by atoms with Gasteiger partial charge in [0.2, 0.25) is 17.7 Å². The number of hydrogen-bond acceptors (Lipinski definition) is 20. The van der Waals surface area contributed by atoms with Crippen LogP contribution in [-0.2, 0) is 64.2 Å². The lowest BCUT2D eigenvalue weighted by Gasteiger charge is -2.35. The zero-order chi connectivity index (χ0) is 72.7. The van der Waals surface area contributed by atoms with Gasteiger partial charge in [0.15, 0.2) is 11.4 Å². The number of nitrogens with zero attached hydrogens (tertiary/aromatic N) is 6. The van der Waals surface area contributed by atoms with Crippen LogP contribution < -0.4 is 20.1 Å². The fourth-order valence-corrected chi connectivity index (χ4v) is 11.2. The molecule has 2 aliphatic heterocycles. The van der Waals surface area contributed by atoms with Gasteiger partial charge in [0.25, 0.3) is 0 Å². The SMILES string of the molecule is C=CC(F)(F)c1nc2ccccc2nc1O[C@@H]1C[C@@H](C(=O)OC)N(C(=O)OC(C)(C)C)C1.C=CCO[C@@H]1CCC[C@H]1OC(=O)N[C@H](C(=O)N1C[C@H](Oc2nc3ccccc3nc2C(F)(F)C=C)C[C@H]1C(=O)OC)C(C)(C)C.C=CCO[C@@H]1CCC[C@H]1OC(=O)N[C@H](C(=O)O)C(C)(C)C. The molecule has 3 N–H and O–H groups in total. The lowest BCUT2D eigenvalue weighted by atomic mass is 9.85. The minimum absolute atomic E-state index is 0.0134. The molecule has 29 heteroatoms. The van der Waals surface area contributed by atoms with Crippen molar-refractivity contribution in [2.75, 3.05) is 40.5 Å². The van der Waals surface area contributed by atoms with Crippen molar-refractivity contribution in [3.05, 3.63) is 111 Å². The molecule has 2 aromatic carbocycles. The Kier molecular flexibility index (Phi) is 26.7. The molecule has 0 radical (unpaired) electrons. The zero-order valence-corrected chi connectivity index (χ0v) is 57.2. The molecule has 10 atom stereocenters. The van der Waals surface area contributed by atoms with E-state index in [1.807, 2.05) is 0 Å². The van der Waals surface area contributed by atoms with Gasteiger partial charge in [-0.1, -0.05) is 91.1 Å². The first kappa shape index (κ1) is 78.0. The molecular formula is C69H90F4N8O17. The lowest BCUT2D eigenvalue weighted by molar-refractivity contribution is -0.152. The summed E-state index contributed by atoms with van der Waals surface area (Å²) in [6, 6.07) is 8.78. The highest BCUT2D eigenvalue weighted by molar-refractivity contribution is 5.91. The van der Waals surface area contributed by atoms with Crippen LogP contribution in [-0.4, -0.2) is 184 Å². The fraction of sp³-hybridized carbons (Fsp3) is 0.551. The molecule has 0 unspecified atom stereocenters. The second-order valence-corrected chi connectivity index (χ2v) is 26.8. The van der Waals surface area contributed by atoms with E-state index < -0.39 is 136 Å². The Morgan fingerprint density at radius 3 is 1.30 bits per heavy atom. The van der Waals surface area contributed by atoms with Crippen LogP contribution in [0.2, 0.25) is 0 Å². The summed E-state index contributed by atoms with van der Waals surface area (Å²) >= 11 is 0. The molecule has 98 heavy (non-hydrogen) atoms. The highest BCUT2D eigenvalue weighted by atomic mass is 19.3. The van der Waals surface area contributed by atoms with Gasteiger partial charge in [0, 0.05) is 12.8 Å². The van der Waals surface area contributed by atoms with Crippen LogP contribution in [0.4, 0.5) is 31.9 Å². The van der Waals surface area contributed by atoms with Crippen molar-refractivity contribution >= 4 is 64.2 Å². The van der Waals surface area contributed by atoms with Crippen molar-refractivity contribution in [1.29, 1.82) is 0 Å². The maximum Gasteiger partial charge on any atom is 0.411 e. The highest BCUT2D eigenvalue weighted by Gasteiger charge is 2.49. The average Bonchev–Trinajstić information content (AvgIpc) is 1.42. The second-order valence-electron chi connectivity index (χ2n) is 26.8. The summed E-state index contributed by atoms with van der Waals surface area (Å²) in [5.74, 6) is -11.0. The molecule has 4 aliphatic rings. The number of alkyl carbamates (subject to hydrolysis) is 2. The Morgan fingerprint density at radius 2 is 0.939 bits per heavy atom.